The number of nitrogens with zero attached hydrogens (tertiary/aromatic N) is 2. The van der Waals surface area contributed by atoms with Crippen LogP contribution in [-0.2, 0) is 5.41 Å². The highest BCUT2D eigenvalue weighted by Gasteiger charge is 2.25. The average Bonchev–Trinajstić information content (AvgIpc) is 2.65. The Hall–Kier alpha value is -0.900. The van der Waals surface area contributed by atoms with E-state index in [2.05, 4.69) is 24.0 Å². The smallest absolute Gasteiger partial charge is 0.232 e. The zero-order chi connectivity index (χ0) is 12.3. The minimum Gasteiger partial charge on any atom is -0.339 e. The first-order valence-corrected chi connectivity index (χ1v) is 5.96. The van der Waals surface area contributed by atoms with Crippen LogP contribution in [0.1, 0.15) is 65.2 Å². The number of hydrogen-bond donors (Lipinski definition) is 1. The molecule has 0 aliphatic heterocycles. The lowest BCUT2D eigenvalue weighted by atomic mass is 9.96. The molecule has 2 atom stereocenters. The van der Waals surface area contributed by atoms with Crippen molar-refractivity contribution in [2.24, 2.45) is 11.7 Å². The van der Waals surface area contributed by atoms with Crippen LogP contribution in [0.2, 0.25) is 0 Å². The summed E-state index contributed by atoms with van der Waals surface area (Å²) < 4.78 is 5.24. The minimum absolute atomic E-state index is 0.112. The summed E-state index contributed by atoms with van der Waals surface area (Å²) in [5, 5.41) is 3.97. The SMILES string of the molecule is CCCC(C)C(N)c1noc(C(C)(C)C)n1. The summed E-state index contributed by atoms with van der Waals surface area (Å²) in [5.74, 6) is 1.67. The summed E-state index contributed by atoms with van der Waals surface area (Å²) in [5.41, 5.74) is 5.98. The van der Waals surface area contributed by atoms with Gasteiger partial charge in [-0.25, -0.2) is 0 Å². The fraction of sp³-hybridized carbons (Fsp3) is 0.833. The van der Waals surface area contributed by atoms with Gasteiger partial charge in [-0.15, -0.1) is 0 Å². The molecule has 0 aliphatic carbocycles. The molecule has 1 rings (SSSR count). The summed E-state index contributed by atoms with van der Waals surface area (Å²) >= 11 is 0. The van der Waals surface area contributed by atoms with E-state index in [1.165, 1.54) is 0 Å². The van der Waals surface area contributed by atoms with Gasteiger partial charge in [0.15, 0.2) is 5.82 Å². The number of hydrogen-bond acceptors (Lipinski definition) is 4. The minimum atomic E-state index is -0.125. The Morgan fingerprint density at radius 3 is 2.44 bits per heavy atom. The van der Waals surface area contributed by atoms with Gasteiger partial charge in [0.2, 0.25) is 5.89 Å². The fourth-order valence-electron chi connectivity index (χ4n) is 1.56. The molecule has 0 spiro atoms. The number of nitrogens with two attached hydrogens (primary N) is 1. The molecule has 4 heteroatoms. The van der Waals surface area contributed by atoms with Crippen LogP contribution in [0.3, 0.4) is 0 Å². The van der Waals surface area contributed by atoms with Crippen molar-refractivity contribution in [1.82, 2.24) is 10.1 Å². The van der Waals surface area contributed by atoms with Gasteiger partial charge in [0.05, 0.1) is 6.04 Å². The zero-order valence-corrected chi connectivity index (χ0v) is 10.9. The Bertz CT molecular complexity index is 327. The van der Waals surface area contributed by atoms with Crippen molar-refractivity contribution >= 4 is 0 Å². The van der Waals surface area contributed by atoms with Crippen LogP contribution in [0.4, 0.5) is 0 Å². The van der Waals surface area contributed by atoms with Crippen molar-refractivity contribution in [1.29, 1.82) is 0 Å². The zero-order valence-electron chi connectivity index (χ0n) is 10.9. The summed E-state index contributed by atoms with van der Waals surface area (Å²) in [4.78, 5) is 4.38. The molecule has 0 saturated carbocycles. The molecule has 0 aliphatic rings. The van der Waals surface area contributed by atoms with E-state index in [1.807, 2.05) is 20.8 Å². The average molecular weight is 225 g/mol. The normalized spacial score (nSPS) is 16.1. The van der Waals surface area contributed by atoms with E-state index in [0.29, 0.717) is 17.6 Å². The summed E-state index contributed by atoms with van der Waals surface area (Å²) in [6, 6.07) is -0.125. The molecule has 1 heterocycles. The molecule has 0 amide bonds. The van der Waals surface area contributed by atoms with Gasteiger partial charge in [0.25, 0.3) is 0 Å². The molecule has 2 unspecified atom stereocenters. The largest absolute Gasteiger partial charge is 0.339 e. The second kappa shape index (κ2) is 4.95. The van der Waals surface area contributed by atoms with Gasteiger partial charge in [0, 0.05) is 5.41 Å². The van der Waals surface area contributed by atoms with Gasteiger partial charge in [0.1, 0.15) is 0 Å². The number of aromatic nitrogens is 2. The predicted molar refractivity (Wildman–Crippen MR) is 64.0 cm³/mol. The van der Waals surface area contributed by atoms with Crippen molar-refractivity contribution in [2.75, 3.05) is 0 Å². The fourth-order valence-corrected chi connectivity index (χ4v) is 1.56. The van der Waals surface area contributed by atoms with Gasteiger partial charge in [-0.05, 0) is 12.3 Å². The van der Waals surface area contributed by atoms with E-state index < -0.39 is 0 Å². The lowest BCUT2D eigenvalue weighted by Gasteiger charge is -2.15. The monoisotopic (exact) mass is 225 g/mol. The van der Waals surface area contributed by atoms with Crippen molar-refractivity contribution < 1.29 is 4.52 Å². The standard InChI is InChI=1S/C12H23N3O/c1-6-7-8(2)9(13)10-14-11(16-15-10)12(3,4)5/h8-9H,6-7,13H2,1-5H3. The number of rotatable bonds is 4. The van der Waals surface area contributed by atoms with E-state index in [-0.39, 0.29) is 11.5 Å². The molecule has 2 N–H and O–H groups in total. The molecule has 1 aromatic heterocycles. The first kappa shape index (κ1) is 13.2. The highest BCUT2D eigenvalue weighted by Crippen LogP contribution is 2.24. The Morgan fingerprint density at radius 2 is 2.00 bits per heavy atom. The Labute approximate surface area is 97.6 Å². The molecule has 92 valence electrons. The third-order valence-electron chi connectivity index (χ3n) is 2.74. The highest BCUT2D eigenvalue weighted by atomic mass is 16.5. The third-order valence-corrected chi connectivity index (χ3v) is 2.74. The predicted octanol–water partition coefficient (Wildman–Crippen LogP) is 2.80. The Kier molecular flexibility index (Phi) is 4.08. The first-order valence-electron chi connectivity index (χ1n) is 5.96. The molecule has 0 fully saturated rings. The maximum absolute atomic E-state index is 6.10. The maximum Gasteiger partial charge on any atom is 0.232 e. The molecule has 0 bridgehead atoms. The van der Waals surface area contributed by atoms with E-state index in [9.17, 15) is 0 Å². The molecular weight excluding hydrogens is 202 g/mol. The quantitative estimate of drug-likeness (QED) is 0.855. The van der Waals surface area contributed by atoms with Crippen LogP contribution in [0, 0.1) is 5.92 Å². The van der Waals surface area contributed by atoms with Crippen molar-refractivity contribution in [3.8, 4) is 0 Å². The molecule has 0 radical (unpaired) electrons. The van der Waals surface area contributed by atoms with Crippen LogP contribution < -0.4 is 5.73 Å². The molecular formula is C12H23N3O. The highest BCUT2D eigenvalue weighted by molar-refractivity contribution is 5.01. The topological polar surface area (TPSA) is 64.9 Å². The second-order valence-corrected chi connectivity index (χ2v) is 5.50. The lowest BCUT2D eigenvalue weighted by Crippen LogP contribution is -2.21. The van der Waals surface area contributed by atoms with E-state index in [0.717, 1.165) is 12.8 Å². The van der Waals surface area contributed by atoms with Gasteiger partial charge in [-0.1, -0.05) is 46.2 Å². The molecule has 1 aromatic rings. The van der Waals surface area contributed by atoms with E-state index >= 15 is 0 Å². The van der Waals surface area contributed by atoms with Crippen molar-refractivity contribution in [2.45, 2.75) is 58.9 Å². The van der Waals surface area contributed by atoms with Crippen molar-refractivity contribution in [3.63, 3.8) is 0 Å². The van der Waals surface area contributed by atoms with E-state index in [4.69, 9.17) is 10.3 Å². The summed E-state index contributed by atoms with van der Waals surface area (Å²) in [7, 11) is 0. The van der Waals surface area contributed by atoms with Crippen LogP contribution in [0.25, 0.3) is 0 Å². The third kappa shape index (κ3) is 3.04. The Morgan fingerprint density at radius 1 is 1.38 bits per heavy atom. The molecule has 0 saturated heterocycles. The van der Waals surface area contributed by atoms with Gasteiger partial charge in [-0.3, -0.25) is 0 Å². The van der Waals surface area contributed by atoms with Gasteiger partial charge >= 0.3 is 0 Å². The Balaban J connectivity index is 2.78. The molecule has 16 heavy (non-hydrogen) atoms. The maximum atomic E-state index is 6.10. The van der Waals surface area contributed by atoms with Crippen LogP contribution in [-0.4, -0.2) is 10.1 Å². The summed E-state index contributed by atoms with van der Waals surface area (Å²) in [6.45, 7) is 10.4. The lowest BCUT2D eigenvalue weighted by molar-refractivity contribution is 0.313. The summed E-state index contributed by atoms with van der Waals surface area (Å²) in [6.07, 6.45) is 2.21. The van der Waals surface area contributed by atoms with Crippen LogP contribution in [0.5, 0.6) is 0 Å². The van der Waals surface area contributed by atoms with Crippen LogP contribution in [0.15, 0.2) is 4.52 Å². The molecule has 0 aromatic carbocycles. The van der Waals surface area contributed by atoms with E-state index in [1.54, 1.807) is 0 Å². The van der Waals surface area contributed by atoms with Crippen molar-refractivity contribution in [3.05, 3.63) is 11.7 Å². The second-order valence-electron chi connectivity index (χ2n) is 5.50. The first-order chi connectivity index (χ1) is 7.36. The van der Waals surface area contributed by atoms with Crippen LogP contribution >= 0.6 is 0 Å². The molecule has 4 nitrogen and oxygen atoms in total. The van der Waals surface area contributed by atoms with Gasteiger partial charge in [-0.2, -0.15) is 4.98 Å². The van der Waals surface area contributed by atoms with Gasteiger partial charge < -0.3 is 10.3 Å².